The van der Waals surface area contributed by atoms with E-state index >= 15 is 0 Å². The average Bonchev–Trinajstić information content (AvgIpc) is 2.80. The van der Waals surface area contributed by atoms with Crippen LogP contribution in [0.25, 0.3) is 0 Å². The second-order valence-electron chi connectivity index (χ2n) is 7.36. The van der Waals surface area contributed by atoms with Gasteiger partial charge in [0.05, 0.1) is 24.5 Å². The lowest BCUT2D eigenvalue weighted by atomic mass is 10.0. The molecule has 0 unspecified atom stereocenters. The molecule has 0 aliphatic rings. The summed E-state index contributed by atoms with van der Waals surface area (Å²) in [6.07, 6.45) is -0.0879. The van der Waals surface area contributed by atoms with E-state index in [1.165, 1.54) is 43.5 Å². The number of esters is 1. The van der Waals surface area contributed by atoms with Gasteiger partial charge in [0.25, 0.3) is 15.9 Å². The van der Waals surface area contributed by atoms with E-state index in [0.717, 1.165) is 17.7 Å². The van der Waals surface area contributed by atoms with E-state index in [1.54, 1.807) is 12.1 Å². The summed E-state index contributed by atoms with van der Waals surface area (Å²) in [6, 6.07) is 17.0. The van der Waals surface area contributed by atoms with Crippen molar-refractivity contribution in [1.82, 2.24) is 5.32 Å². The van der Waals surface area contributed by atoms with Crippen LogP contribution in [0.15, 0.2) is 77.7 Å². The van der Waals surface area contributed by atoms with Crippen molar-refractivity contribution in [1.29, 1.82) is 0 Å². The first-order chi connectivity index (χ1) is 15.7. The number of sulfonamides is 1. The highest BCUT2D eigenvalue weighted by atomic mass is 32.2. The lowest BCUT2D eigenvalue weighted by molar-refractivity contribution is -0.141. The fraction of sp³-hybridized carbons (Fsp3) is 0.167. The fourth-order valence-corrected chi connectivity index (χ4v) is 4.18. The van der Waals surface area contributed by atoms with E-state index in [0.29, 0.717) is 5.56 Å². The maximum atomic E-state index is 13.1. The van der Waals surface area contributed by atoms with E-state index in [2.05, 4.69) is 10.0 Å². The van der Waals surface area contributed by atoms with Crippen molar-refractivity contribution in [2.75, 3.05) is 11.8 Å². The third-order valence-corrected chi connectivity index (χ3v) is 6.27. The molecule has 1 amide bonds. The topological polar surface area (TPSA) is 102 Å². The van der Waals surface area contributed by atoms with Crippen molar-refractivity contribution in [3.05, 3.63) is 95.3 Å². The Morgan fingerprint density at radius 2 is 1.67 bits per heavy atom. The minimum atomic E-state index is -4.02. The number of carbonyl (C=O) groups excluding carboxylic acids is 2. The summed E-state index contributed by atoms with van der Waals surface area (Å²) in [5, 5.41) is 2.77. The molecule has 0 aliphatic carbocycles. The quantitative estimate of drug-likeness (QED) is 0.485. The molecule has 7 nitrogen and oxygen atoms in total. The van der Waals surface area contributed by atoms with E-state index in [4.69, 9.17) is 4.74 Å². The predicted octanol–water partition coefficient (Wildman–Crippen LogP) is 3.97. The van der Waals surface area contributed by atoms with E-state index < -0.39 is 33.8 Å². The molecule has 1 atom stereocenters. The Hall–Kier alpha value is -3.72. The normalized spacial score (nSPS) is 12.0. The van der Waals surface area contributed by atoms with Gasteiger partial charge in [-0.05, 0) is 55.0 Å². The number of hydrogen-bond donors (Lipinski definition) is 2. The number of benzene rings is 3. The summed E-state index contributed by atoms with van der Waals surface area (Å²) >= 11 is 0. The van der Waals surface area contributed by atoms with E-state index in [9.17, 15) is 22.4 Å². The molecular formula is C24H23FN2O5S. The zero-order valence-corrected chi connectivity index (χ0v) is 18.9. The summed E-state index contributed by atoms with van der Waals surface area (Å²) in [4.78, 5) is 24.7. The number of aryl methyl sites for hydroxylation is 1. The highest BCUT2D eigenvalue weighted by molar-refractivity contribution is 7.92. The van der Waals surface area contributed by atoms with Crippen LogP contribution >= 0.6 is 0 Å². The number of halogens is 1. The Labute approximate surface area is 191 Å². The minimum absolute atomic E-state index is 0.0879. The Morgan fingerprint density at radius 3 is 2.30 bits per heavy atom. The van der Waals surface area contributed by atoms with Crippen LogP contribution in [0.5, 0.6) is 0 Å². The van der Waals surface area contributed by atoms with Gasteiger partial charge in [-0.2, -0.15) is 0 Å². The maximum absolute atomic E-state index is 13.1. The third-order valence-electron chi connectivity index (χ3n) is 4.89. The molecule has 0 bridgehead atoms. The number of nitrogens with one attached hydrogen (secondary N) is 2. The zero-order chi connectivity index (χ0) is 24.0. The van der Waals surface area contributed by atoms with Crippen molar-refractivity contribution in [3.8, 4) is 0 Å². The molecule has 33 heavy (non-hydrogen) atoms. The number of ether oxygens (including phenoxy) is 1. The van der Waals surface area contributed by atoms with Crippen molar-refractivity contribution in [2.24, 2.45) is 0 Å². The highest BCUT2D eigenvalue weighted by Crippen LogP contribution is 2.21. The monoisotopic (exact) mass is 470 g/mol. The molecule has 0 aliphatic heterocycles. The molecule has 172 valence electrons. The molecule has 9 heteroatoms. The first-order valence-corrected chi connectivity index (χ1v) is 11.5. The smallest absolute Gasteiger partial charge is 0.307 e. The number of hydrogen-bond acceptors (Lipinski definition) is 5. The number of anilines is 1. The Balaban J connectivity index is 1.82. The van der Waals surface area contributed by atoms with Crippen LogP contribution in [0.2, 0.25) is 0 Å². The van der Waals surface area contributed by atoms with Crippen LogP contribution in [0.1, 0.15) is 33.9 Å². The number of carbonyl (C=O) groups is 2. The van der Waals surface area contributed by atoms with Crippen LogP contribution < -0.4 is 10.0 Å². The van der Waals surface area contributed by atoms with Crippen LogP contribution in [-0.4, -0.2) is 27.4 Å². The molecule has 0 aromatic heterocycles. The molecule has 3 rings (SSSR count). The van der Waals surface area contributed by atoms with Crippen LogP contribution in [-0.2, 0) is 19.6 Å². The summed E-state index contributed by atoms with van der Waals surface area (Å²) in [5.74, 6) is -1.55. The molecule has 3 aromatic carbocycles. The van der Waals surface area contributed by atoms with Gasteiger partial charge in [-0.15, -0.1) is 0 Å². The van der Waals surface area contributed by atoms with Gasteiger partial charge in [-0.3, -0.25) is 14.3 Å². The Morgan fingerprint density at radius 1 is 1.00 bits per heavy atom. The molecular weight excluding hydrogens is 447 g/mol. The summed E-state index contributed by atoms with van der Waals surface area (Å²) in [5.41, 5.74) is 2.01. The molecule has 0 fully saturated rings. The Kier molecular flexibility index (Phi) is 7.44. The van der Waals surface area contributed by atoms with Crippen molar-refractivity contribution < 1.29 is 27.1 Å². The average molecular weight is 471 g/mol. The Bertz CT molecular complexity index is 1240. The molecule has 0 spiro atoms. The largest absolute Gasteiger partial charge is 0.469 e. The van der Waals surface area contributed by atoms with E-state index in [-0.39, 0.29) is 22.6 Å². The minimum Gasteiger partial charge on any atom is -0.469 e. The van der Waals surface area contributed by atoms with Gasteiger partial charge in [0.15, 0.2) is 0 Å². The van der Waals surface area contributed by atoms with Gasteiger partial charge in [0.1, 0.15) is 5.82 Å². The molecule has 0 saturated carbocycles. The third kappa shape index (κ3) is 6.39. The standard InChI is InChI=1S/C24H23FN2O5S/c1-16-6-8-17(9-7-16)22(15-23(28)32-2)26-24(29)18-4-3-5-21(14-18)33(30,31)27-20-12-10-19(25)11-13-20/h3-14,22,27H,15H2,1-2H3,(H,26,29)/t22-/m1/s1. The maximum Gasteiger partial charge on any atom is 0.307 e. The first-order valence-electron chi connectivity index (χ1n) is 10.0. The molecule has 0 saturated heterocycles. The van der Waals surface area contributed by atoms with Crippen LogP contribution in [0, 0.1) is 12.7 Å². The molecule has 0 heterocycles. The van der Waals surface area contributed by atoms with Gasteiger partial charge in [-0.25, -0.2) is 12.8 Å². The van der Waals surface area contributed by atoms with E-state index in [1.807, 2.05) is 19.1 Å². The van der Waals surface area contributed by atoms with Crippen molar-refractivity contribution >= 4 is 27.6 Å². The number of rotatable bonds is 8. The number of amides is 1. The molecule has 0 radical (unpaired) electrons. The van der Waals surface area contributed by atoms with Gasteiger partial charge < -0.3 is 10.1 Å². The summed E-state index contributed by atoms with van der Waals surface area (Å²) in [7, 11) is -2.75. The van der Waals surface area contributed by atoms with Gasteiger partial charge >= 0.3 is 5.97 Å². The predicted molar refractivity (Wildman–Crippen MR) is 122 cm³/mol. The molecule has 2 N–H and O–H groups in total. The van der Waals surface area contributed by atoms with Crippen LogP contribution in [0.3, 0.4) is 0 Å². The van der Waals surface area contributed by atoms with Gasteiger partial charge in [-0.1, -0.05) is 35.9 Å². The van der Waals surface area contributed by atoms with Crippen molar-refractivity contribution in [3.63, 3.8) is 0 Å². The lowest BCUT2D eigenvalue weighted by Gasteiger charge is -2.19. The van der Waals surface area contributed by atoms with Gasteiger partial charge in [0, 0.05) is 11.3 Å². The summed E-state index contributed by atoms with van der Waals surface area (Å²) in [6.45, 7) is 1.92. The SMILES string of the molecule is COC(=O)C[C@@H](NC(=O)c1cccc(S(=O)(=O)Nc2ccc(F)cc2)c1)c1ccc(C)cc1. The second-order valence-corrected chi connectivity index (χ2v) is 9.04. The summed E-state index contributed by atoms with van der Waals surface area (Å²) < 4.78 is 45.6. The van der Waals surface area contributed by atoms with Gasteiger partial charge in [0.2, 0.25) is 0 Å². The molecule has 3 aromatic rings. The fourth-order valence-electron chi connectivity index (χ4n) is 3.08. The lowest BCUT2D eigenvalue weighted by Crippen LogP contribution is -2.30. The highest BCUT2D eigenvalue weighted by Gasteiger charge is 2.21. The van der Waals surface area contributed by atoms with Crippen molar-refractivity contribution in [2.45, 2.75) is 24.3 Å². The zero-order valence-electron chi connectivity index (χ0n) is 18.0. The van der Waals surface area contributed by atoms with Crippen LogP contribution in [0.4, 0.5) is 10.1 Å². The second kappa shape index (κ2) is 10.3. The first kappa shape index (κ1) is 23.9. The number of methoxy groups -OCH3 is 1.